The van der Waals surface area contributed by atoms with E-state index in [1.807, 2.05) is 6.07 Å². The predicted molar refractivity (Wildman–Crippen MR) is 82.5 cm³/mol. The van der Waals surface area contributed by atoms with E-state index < -0.39 is 5.91 Å². The average Bonchev–Trinajstić information content (AvgIpc) is 2.53. The first-order valence-corrected chi connectivity index (χ1v) is 6.64. The van der Waals surface area contributed by atoms with Gasteiger partial charge in [-0.05, 0) is 24.3 Å². The van der Waals surface area contributed by atoms with Crippen LogP contribution in [0.1, 0.15) is 0 Å². The topological polar surface area (TPSA) is 98.1 Å². The number of nitrogens with one attached hydrogen (secondary N) is 1. The molecule has 6 heteroatoms. The van der Waals surface area contributed by atoms with Crippen molar-refractivity contribution in [2.75, 3.05) is 6.61 Å². The number of hydrogen-bond donors (Lipinski definition) is 2. The molecule has 3 N–H and O–H groups in total. The lowest BCUT2D eigenvalue weighted by atomic mass is 10.2. The quantitative estimate of drug-likeness (QED) is 0.761. The van der Waals surface area contributed by atoms with Crippen molar-refractivity contribution < 1.29 is 9.53 Å². The van der Waals surface area contributed by atoms with E-state index in [1.54, 1.807) is 42.5 Å². The highest BCUT2D eigenvalue weighted by molar-refractivity contribution is 5.79. The molecule has 3 rings (SSSR count). The van der Waals surface area contributed by atoms with Crippen LogP contribution in [0.15, 0.2) is 53.3 Å². The second-order valence-electron chi connectivity index (χ2n) is 4.71. The Balaban J connectivity index is 2.02. The maximum absolute atomic E-state index is 12.1. The van der Waals surface area contributed by atoms with E-state index in [9.17, 15) is 9.59 Å². The molecule has 110 valence electrons. The zero-order valence-corrected chi connectivity index (χ0v) is 11.6. The second-order valence-corrected chi connectivity index (χ2v) is 4.71. The Labute approximate surface area is 125 Å². The van der Waals surface area contributed by atoms with Gasteiger partial charge in [0.1, 0.15) is 11.6 Å². The van der Waals surface area contributed by atoms with E-state index in [0.717, 1.165) is 0 Å². The summed E-state index contributed by atoms with van der Waals surface area (Å²) in [6, 6.07) is 14.0. The third-order valence-corrected chi connectivity index (χ3v) is 3.10. The summed E-state index contributed by atoms with van der Waals surface area (Å²) in [5, 5.41) is 0.535. The van der Waals surface area contributed by atoms with Gasteiger partial charge in [-0.1, -0.05) is 24.3 Å². The first-order valence-electron chi connectivity index (χ1n) is 6.64. The SMILES string of the molecule is NC(=O)COc1cccc(-c2nc3ccccc3c(=O)[nH]2)c1. The molecule has 0 spiro atoms. The summed E-state index contributed by atoms with van der Waals surface area (Å²) in [5.41, 5.74) is 6.14. The van der Waals surface area contributed by atoms with Crippen LogP contribution in [0.3, 0.4) is 0 Å². The summed E-state index contributed by atoms with van der Waals surface area (Å²) in [6.45, 7) is -0.203. The Morgan fingerprint density at radius 1 is 1.18 bits per heavy atom. The van der Waals surface area contributed by atoms with Crippen LogP contribution >= 0.6 is 0 Å². The van der Waals surface area contributed by atoms with Crippen LogP contribution in [0, 0.1) is 0 Å². The van der Waals surface area contributed by atoms with Gasteiger partial charge in [-0.3, -0.25) is 9.59 Å². The van der Waals surface area contributed by atoms with Crippen molar-refractivity contribution in [1.82, 2.24) is 9.97 Å². The van der Waals surface area contributed by atoms with Crippen LogP contribution in [0.2, 0.25) is 0 Å². The Hall–Kier alpha value is -3.15. The molecule has 1 heterocycles. The number of aromatic nitrogens is 2. The Kier molecular flexibility index (Phi) is 3.57. The molecule has 0 saturated heterocycles. The molecule has 0 aliphatic carbocycles. The van der Waals surface area contributed by atoms with Gasteiger partial charge in [-0.15, -0.1) is 0 Å². The lowest BCUT2D eigenvalue weighted by Crippen LogP contribution is -2.20. The number of benzene rings is 2. The van der Waals surface area contributed by atoms with Crippen molar-refractivity contribution in [2.24, 2.45) is 5.73 Å². The van der Waals surface area contributed by atoms with Gasteiger partial charge in [-0.25, -0.2) is 4.98 Å². The lowest BCUT2D eigenvalue weighted by molar-refractivity contribution is -0.119. The summed E-state index contributed by atoms with van der Waals surface area (Å²) >= 11 is 0. The molecule has 0 saturated carbocycles. The number of fused-ring (bicyclic) bond motifs is 1. The van der Waals surface area contributed by atoms with Crippen LogP contribution in [0.5, 0.6) is 5.75 Å². The summed E-state index contributed by atoms with van der Waals surface area (Å²) in [6.07, 6.45) is 0. The fourth-order valence-corrected chi connectivity index (χ4v) is 2.11. The molecule has 0 fully saturated rings. The zero-order chi connectivity index (χ0) is 15.5. The van der Waals surface area contributed by atoms with Crippen molar-refractivity contribution in [2.45, 2.75) is 0 Å². The number of carbonyl (C=O) groups excluding carboxylic acids is 1. The van der Waals surface area contributed by atoms with Crippen molar-refractivity contribution >= 4 is 16.8 Å². The summed E-state index contributed by atoms with van der Waals surface area (Å²) < 4.78 is 5.25. The molecule has 22 heavy (non-hydrogen) atoms. The number of carbonyl (C=O) groups is 1. The molecule has 0 radical (unpaired) electrons. The number of H-pyrrole nitrogens is 1. The van der Waals surface area contributed by atoms with Crippen LogP contribution < -0.4 is 16.0 Å². The maximum atomic E-state index is 12.1. The Morgan fingerprint density at radius 2 is 2.00 bits per heavy atom. The van der Waals surface area contributed by atoms with Gasteiger partial charge in [0.05, 0.1) is 10.9 Å². The van der Waals surface area contributed by atoms with E-state index in [-0.39, 0.29) is 12.2 Å². The van der Waals surface area contributed by atoms with Gasteiger partial charge < -0.3 is 15.5 Å². The molecule has 0 aliphatic rings. The number of rotatable bonds is 4. The van der Waals surface area contributed by atoms with Crippen LogP contribution in [-0.2, 0) is 4.79 Å². The van der Waals surface area contributed by atoms with Crippen LogP contribution in [-0.4, -0.2) is 22.5 Å². The van der Waals surface area contributed by atoms with Crippen LogP contribution in [0.4, 0.5) is 0 Å². The van der Waals surface area contributed by atoms with Gasteiger partial charge in [0.25, 0.3) is 11.5 Å². The van der Waals surface area contributed by atoms with Gasteiger partial charge >= 0.3 is 0 Å². The molecule has 0 atom stereocenters. The highest BCUT2D eigenvalue weighted by Gasteiger charge is 2.07. The minimum Gasteiger partial charge on any atom is -0.484 e. The van der Waals surface area contributed by atoms with E-state index in [0.29, 0.717) is 28.0 Å². The Morgan fingerprint density at radius 3 is 2.82 bits per heavy atom. The molecular weight excluding hydrogens is 282 g/mol. The number of nitrogens with two attached hydrogens (primary N) is 1. The monoisotopic (exact) mass is 295 g/mol. The number of amides is 1. The fraction of sp³-hybridized carbons (Fsp3) is 0.0625. The average molecular weight is 295 g/mol. The normalized spacial score (nSPS) is 10.5. The maximum Gasteiger partial charge on any atom is 0.259 e. The molecular formula is C16H13N3O3. The van der Waals surface area contributed by atoms with Crippen molar-refractivity contribution in [3.63, 3.8) is 0 Å². The molecule has 0 aliphatic heterocycles. The van der Waals surface area contributed by atoms with Crippen molar-refractivity contribution in [3.8, 4) is 17.1 Å². The van der Waals surface area contributed by atoms with Crippen molar-refractivity contribution in [1.29, 1.82) is 0 Å². The predicted octanol–water partition coefficient (Wildman–Crippen LogP) is 1.45. The largest absolute Gasteiger partial charge is 0.484 e. The smallest absolute Gasteiger partial charge is 0.259 e. The highest BCUT2D eigenvalue weighted by Crippen LogP contribution is 2.21. The third kappa shape index (κ3) is 2.80. The van der Waals surface area contributed by atoms with Gasteiger partial charge in [0.15, 0.2) is 6.61 Å². The molecule has 3 aromatic rings. The van der Waals surface area contributed by atoms with Crippen molar-refractivity contribution in [3.05, 3.63) is 58.9 Å². The zero-order valence-electron chi connectivity index (χ0n) is 11.6. The van der Waals surface area contributed by atoms with Gasteiger partial charge in [-0.2, -0.15) is 0 Å². The number of nitrogens with zero attached hydrogens (tertiary/aromatic N) is 1. The second kappa shape index (κ2) is 5.69. The minimum absolute atomic E-state index is 0.203. The Bertz CT molecular complexity index is 902. The summed E-state index contributed by atoms with van der Waals surface area (Å²) in [5.74, 6) is 0.364. The molecule has 1 aromatic heterocycles. The van der Waals surface area contributed by atoms with E-state index in [4.69, 9.17) is 10.5 Å². The van der Waals surface area contributed by atoms with Crippen LogP contribution in [0.25, 0.3) is 22.3 Å². The highest BCUT2D eigenvalue weighted by atomic mass is 16.5. The number of primary amides is 1. The number of para-hydroxylation sites is 1. The van der Waals surface area contributed by atoms with Gasteiger partial charge in [0.2, 0.25) is 0 Å². The van der Waals surface area contributed by atoms with E-state index in [2.05, 4.69) is 9.97 Å². The third-order valence-electron chi connectivity index (χ3n) is 3.10. The molecule has 0 bridgehead atoms. The number of aromatic amines is 1. The molecule has 0 unspecified atom stereocenters. The van der Waals surface area contributed by atoms with E-state index >= 15 is 0 Å². The first-order chi connectivity index (χ1) is 10.6. The summed E-state index contributed by atoms with van der Waals surface area (Å²) in [4.78, 5) is 30.0. The fourth-order valence-electron chi connectivity index (χ4n) is 2.11. The summed E-state index contributed by atoms with van der Waals surface area (Å²) in [7, 11) is 0. The van der Waals surface area contributed by atoms with Gasteiger partial charge in [0, 0.05) is 5.56 Å². The molecule has 6 nitrogen and oxygen atoms in total. The number of ether oxygens (including phenoxy) is 1. The molecule has 1 amide bonds. The molecule has 2 aromatic carbocycles. The first kappa shape index (κ1) is 13.8. The number of hydrogen-bond acceptors (Lipinski definition) is 4. The lowest BCUT2D eigenvalue weighted by Gasteiger charge is -2.07. The van der Waals surface area contributed by atoms with E-state index in [1.165, 1.54) is 0 Å². The standard InChI is InChI=1S/C16H13N3O3/c17-14(20)9-22-11-5-3-4-10(8-11)15-18-13-7-2-1-6-12(13)16(21)19-15/h1-8H,9H2,(H2,17,20)(H,18,19,21). The minimum atomic E-state index is -0.553.